The monoisotopic (exact) mass is 400 g/mol. The van der Waals surface area contributed by atoms with E-state index in [-0.39, 0.29) is 5.91 Å². The standard InChI is InChI=1S/C20H21BrN2O2/c1-4-23(15-6-5-7-16(11-15)25-3)20(24)12-17-13(2)22-19-9-8-14(21)10-18(17)19/h5-11,22H,4,12H2,1-3H3. The topological polar surface area (TPSA) is 45.3 Å². The first kappa shape index (κ1) is 17.5. The molecule has 130 valence electrons. The van der Waals surface area contributed by atoms with Gasteiger partial charge < -0.3 is 14.6 Å². The Morgan fingerprint density at radius 2 is 2.04 bits per heavy atom. The summed E-state index contributed by atoms with van der Waals surface area (Å²) in [5.74, 6) is 0.815. The molecule has 0 fully saturated rings. The Kier molecular flexibility index (Phi) is 5.13. The van der Waals surface area contributed by atoms with Gasteiger partial charge in [0.1, 0.15) is 5.75 Å². The predicted octanol–water partition coefficient (Wildman–Crippen LogP) is 4.84. The maximum absolute atomic E-state index is 13.0. The molecular weight excluding hydrogens is 380 g/mol. The molecule has 25 heavy (non-hydrogen) atoms. The van der Waals surface area contributed by atoms with E-state index >= 15 is 0 Å². The lowest BCUT2D eigenvalue weighted by molar-refractivity contribution is -0.117. The van der Waals surface area contributed by atoms with Crippen molar-refractivity contribution in [3.8, 4) is 5.75 Å². The average Bonchev–Trinajstić information content (AvgIpc) is 2.91. The molecule has 1 N–H and O–H groups in total. The van der Waals surface area contributed by atoms with Crippen LogP contribution < -0.4 is 9.64 Å². The van der Waals surface area contributed by atoms with Gasteiger partial charge in [0.2, 0.25) is 5.91 Å². The molecule has 0 saturated carbocycles. The molecule has 0 aliphatic rings. The highest BCUT2D eigenvalue weighted by Gasteiger charge is 2.18. The second-order valence-corrected chi connectivity index (χ2v) is 6.85. The molecule has 1 heterocycles. The van der Waals surface area contributed by atoms with Gasteiger partial charge in [0.25, 0.3) is 0 Å². The summed E-state index contributed by atoms with van der Waals surface area (Å²) in [5, 5.41) is 1.09. The van der Waals surface area contributed by atoms with E-state index in [0.29, 0.717) is 13.0 Å². The highest BCUT2D eigenvalue weighted by atomic mass is 79.9. The van der Waals surface area contributed by atoms with Gasteiger partial charge in [0.05, 0.1) is 13.5 Å². The third kappa shape index (κ3) is 3.56. The second-order valence-electron chi connectivity index (χ2n) is 5.93. The van der Waals surface area contributed by atoms with Crippen LogP contribution >= 0.6 is 15.9 Å². The number of amides is 1. The summed E-state index contributed by atoms with van der Waals surface area (Å²) in [6.07, 6.45) is 0.355. The number of likely N-dealkylation sites (N-methyl/N-ethyl adjacent to an activating group) is 1. The molecule has 0 bridgehead atoms. The van der Waals surface area contributed by atoms with Crippen LogP contribution in [0.3, 0.4) is 0 Å². The van der Waals surface area contributed by atoms with Crippen molar-refractivity contribution in [2.45, 2.75) is 20.3 Å². The zero-order valence-corrected chi connectivity index (χ0v) is 16.2. The number of H-pyrrole nitrogens is 1. The summed E-state index contributed by atoms with van der Waals surface area (Å²) in [6.45, 7) is 4.60. The maximum atomic E-state index is 13.0. The summed E-state index contributed by atoms with van der Waals surface area (Å²) in [6, 6.07) is 13.7. The normalized spacial score (nSPS) is 10.9. The highest BCUT2D eigenvalue weighted by Crippen LogP contribution is 2.27. The molecule has 0 unspecified atom stereocenters. The quantitative estimate of drug-likeness (QED) is 0.665. The predicted molar refractivity (Wildman–Crippen MR) is 105 cm³/mol. The number of nitrogens with one attached hydrogen (secondary N) is 1. The van der Waals surface area contributed by atoms with E-state index in [1.807, 2.05) is 50.2 Å². The minimum absolute atomic E-state index is 0.0692. The fraction of sp³-hybridized carbons (Fsp3) is 0.250. The number of fused-ring (bicyclic) bond motifs is 1. The van der Waals surface area contributed by atoms with E-state index in [2.05, 4.69) is 27.0 Å². The molecule has 0 atom stereocenters. The Bertz CT molecular complexity index is 917. The van der Waals surface area contributed by atoms with E-state index in [1.54, 1.807) is 12.0 Å². The van der Waals surface area contributed by atoms with E-state index in [4.69, 9.17) is 4.74 Å². The largest absolute Gasteiger partial charge is 0.497 e. The number of ether oxygens (including phenoxy) is 1. The first-order valence-corrected chi connectivity index (χ1v) is 9.04. The van der Waals surface area contributed by atoms with Gasteiger partial charge in [-0.1, -0.05) is 22.0 Å². The Morgan fingerprint density at radius 3 is 2.76 bits per heavy atom. The lowest BCUT2D eigenvalue weighted by atomic mass is 10.1. The second kappa shape index (κ2) is 7.31. The van der Waals surface area contributed by atoms with Crippen molar-refractivity contribution in [3.05, 3.63) is 58.2 Å². The lowest BCUT2D eigenvalue weighted by Gasteiger charge is -2.21. The van der Waals surface area contributed by atoms with Crippen LogP contribution in [0.25, 0.3) is 10.9 Å². The van der Waals surface area contributed by atoms with Gasteiger partial charge in [-0.2, -0.15) is 0 Å². The third-order valence-corrected chi connectivity index (χ3v) is 4.89. The summed E-state index contributed by atoms with van der Waals surface area (Å²) < 4.78 is 6.28. The van der Waals surface area contributed by atoms with Gasteiger partial charge in [-0.15, -0.1) is 0 Å². The molecule has 0 aliphatic heterocycles. The van der Waals surface area contributed by atoms with Crippen LogP contribution in [0.15, 0.2) is 46.9 Å². The van der Waals surface area contributed by atoms with E-state index in [9.17, 15) is 4.79 Å². The van der Waals surface area contributed by atoms with Gasteiger partial charge in [-0.05, 0) is 49.7 Å². The molecule has 3 rings (SSSR count). The number of aryl methyl sites for hydroxylation is 1. The van der Waals surface area contributed by atoms with Crippen LogP contribution in [0.1, 0.15) is 18.2 Å². The number of rotatable bonds is 5. The number of aromatic amines is 1. The summed E-state index contributed by atoms with van der Waals surface area (Å²) in [5.41, 5.74) is 3.98. The minimum atomic E-state index is 0.0692. The van der Waals surface area contributed by atoms with Crippen LogP contribution in [-0.2, 0) is 11.2 Å². The van der Waals surface area contributed by atoms with Crippen LogP contribution in [0.5, 0.6) is 5.75 Å². The molecule has 2 aromatic carbocycles. The highest BCUT2D eigenvalue weighted by molar-refractivity contribution is 9.10. The SMILES string of the molecule is CCN(C(=O)Cc1c(C)[nH]c2ccc(Br)cc12)c1cccc(OC)c1. The van der Waals surface area contributed by atoms with Crippen LogP contribution in [0.2, 0.25) is 0 Å². The summed E-state index contributed by atoms with van der Waals surface area (Å²) in [7, 11) is 1.63. The van der Waals surface area contributed by atoms with Crippen molar-refractivity contribution in [2.24, 2.45) is 0 Å². The molecule has 0 saturated heterocycles. The zero-order valence-electron chi connectivity index (χ0n) is 14.6. The van der Waals surface area contributed by atoms with Gasteiger partial charge in [-0.3, -0.25) is 4.79 Å². The smallest absolute Gasteiger partial charge is 0.231 e. The van der Waals surface area contributed by atoms with Crippen molar-refractivity contribution >= 4 is 38.4 Å². The fourth-order valence-electron chi connectivity index (χ4n) is 3.11. The van der Waals surface area contributed by atoms with Gasteiger partial charge >= 0.3 is 0 Å². The van der Waals surface area contributed by atoms with Crippen molar-refractivity contribution in [1.82, 2.24) is 4.98 Å². The fourth-order valence-corrected chi connectivity index (χ4v) is 3.47. The van der Waals surface area contributed by atoms with Gasteiger partial charge in [-0.25, -0.2) is 0 Å². The number of halogens is 1. The summed E-state index contributed by atoms with van der Waals surface area (Å²) in [4.78, 5) is 18.1. The van der Waals surface area contributed by atoms with Gasteiger partial charge in [0.15, 0.2) is 0 Å². The molecule has 0 radical (unpaired) electrons. The average molecular weight is 401 g/mol. The summed E-state index contributed by atoms with van der Waals surface area (Å²) >= 11 is 3.51. The van der Waals surface area contributed by atoms with Crippen molar-refractivity contribution < 1.29 is 9.53 Å². The number of anilines is 1. The number of hydrogen-bond acceptors (Lipinski definition) is 2. The Morgan fingerprint density at radius 1 is 1.24 bits per heavy atom. The Labute approximate surface area is 155 Å². The first-order chi connectivity index (χ1) is 12.0. The van der Waals surface area contributed by atoms with E-state index < -0.39 is 0 Å². The molecular formula is C20H21BrN2O2. The molecule has 1 amide bonds. The molecule has 0 spiro atoms. The van der Waals surface area contributed by atoms with E-state index in [0.717, 1.165) is 38.1 Å². The van der Waals surface area contributed by atoms with Crippen molar-refractivity contribution in [3.63, 3.8) is 0 Å². The number of benzene rings is 2. The zero-order chi connectivity index (χ0) is 18.0. The molecule has 5 heteroatoms. The number of hydrogen-bond donors (Lipinski definition) is 1. The maximum Gasteiger partial charge on any atom is 0.231 e. The Balaban J connectivity index is 1.92. The van der Waals surface area contributed by atoms with Crippen LogP contribution in [-0.4, -0.2) is 24.5 Å². The van der Waals surface area contributed by atoms with Gasteiger partial charge in [0, 0.05) is 39.4 Å². The van der Waals surface area contributed by atoms with E-state index in [1.165, 1.54) is 0 Å². The molecule has 4 nitrogen and oxygen atoms in total. The first-order valence-electron chi connectivity index (χ1n) is 8.24. The van der Waals surface area contributed by atoms with Crippen molar-refractivity contribution in [2.75, 3.05) is 18.6 Å². The Hall–Kier alpha value is -2.27. The molecule has 1 aromatic heterocycles. The number of methoxy groups -OCH3 is 1. The van der Waals surface area contributed by atoms with Crippen LogP contribution in [0, 0.1) is 6.92 Å². The number of nitrogens with zero attached hydrogens (tertiary/aromatic N) is 1. The molecule has 0 aliphatic carbocycles. The minimum Gasteiger partial charge on any atom is -0.497 e. The number of aromatic nitrogens is 1. The number of carbonyl (C=O) groups is 1. The third-order valence-electron chi connectivity index (χ3n) is 4.39. The van der Waals surface area contributed by atoms with Crippen LogP contribution in [0.4, 0.5) is 5.69 Å². The molecule has 3 aromatic rings. The number of carbonyl (C=O) groups excluding carboxylic acids is 1. The lowest BCUT2D eigenvalue weighted by Crippen LogP contribution is -2.32. The van der Waals surface area contributed by atoms with Crippen molar-refractivity contribution in [1.29, 1.82) is 0 Å².